The molecule has 4 aromatic carbocycles. The average molecular weight is 1200 g/mol. The lowest BCUT2D eigenvalue weighted by molar-refractivity contribution is -0.247. The van der Waals surface area contributed by atoms with Gasteiger partial charge in [-0.3, -0.25) is 28.8 Å². The molecule has 0 aromatic heterocycles. The van der Waals surface area contributed by atoms with E-state index in [0.717, 1.165) is 12.8 Å². The van der Waals surface area contributed by atoms with Crippen LogP contribution >= 0.6 is 23.5 Å². The van der Waals surface area contributed by atoms with E-state index in [1.807, 2.05) is 0 Å². The molecular weight excluding hydrogens is 1130 g/mol. The normalized spacial score (nSPS) is 28.8. The summed E-state index contributed by atoms with van der Waals surface area (Å²) in [5.41, 5.74) is 5.19. The van der Waals surface area contributed by atoms with Crippen molar-refractivity contribution in [2.75, 3.05) is 37.2 Å². The van der Waals surface area contributed by atoms with Crippen molar-refractivity contribution in [3.63, 3.8) is 0 Å². The summed E-state index contributed by atoms with van der Waals surface area (Å²) in [7, 11) is 2.64. The molecule has 12 unspecified atom stereocenters. The molecular formula is C60H68N2O20S2. The predicted molar refractivity (Wildman–Crippen MR) is 302 cm³/mol. The maximum absolute atomic E-state index is 14.1. The second kappa shape index (κ2) is 24.0. The molecule has 24 heteroatoms. The highest BCUT2D eigenvalue weighted by Crippen LogP contribution is 2.55. The zero-order valence-corrected chi connectivity index (χ0v) is 48.2. The van der Waals surface area contributed by atoms with Crippen LogP contribution in [-0.2, 0) is 41.4 Å². The number of ketones is 6. The summed E-state index contributed by atoms with van der Waals surface area (Å²) in [5.74, 6) is -6.25. The van der Waals surface area contributed by atoms with E-state index in [1.165, 1.54) is 74.1 Å². The third kappa shape index (κ3) is 10.8. The van der Waals surface area contributed by atoms with Crippen LogP contribution < -0.4 is 20.9 Å². The fourth-order valence-corrected chi connectivity index (χ4v) is 14.6. The highest BCUT2D eigenvalue weighted by Gasteiger charge is 2.53. The number of nitrogens with two attached hydrogens (primary N) is 2. The van der Waals surface area contributed by atoms with E-state index in [1.54, 1.807) is 13.8 Å². The summed E-state index contributed by atoms with van der Waals surface area (Å²) in [4.78, 5) is 84.5. The van der Waals surface area contributed by atoms with Crippen LogP contribution in [0.5, 0.6) is 34.5 Å². The van der Waals surface area contributed by atoms with Crippen molar-refractivity contribution < 1.29 is 98.0 Å². The Hall–Kier alpha value is -6.00. The monoisotopic (exact) mass is 1200 g/mol. The highest BCUT2D eigenvalue weighted by atomic mass is 32.2. The zero-order chi connectivity index (χ0) is 60.4. The number of fused-ring (bicyclic) bond motifs is 6. The van der Waals surface area contributed by atoms with Crippen LogP contribution in [0.25, 0.3) is 0 Å². The average Bonchev–Trinajstić information content (AvgIpc) is 0.875. The van der Waals surface area contributed by atoms with Gasteiger partial charge in [-0.2, -0.15) is 23.5 Å². The molecule has 0 radical (unpaired) electrons. The van der Waals surface area contributed by atoms with Crippen LogP contribution in [0.3, 0.4) is 0 Å². The molecule has 2 fully saturated rings. The lowest BCUT2D eigenvalue weighted by Gasteiger charge is -2.42. The number of Topliss-reactive ketones (excluding diaryl/α,β-unsaturated/α-hetero) is 2. The number of methoxy groups -OCH3 is 2. The topological polar surface area (TPSA) is 372 Å². The Kier molecular flexibility index (Phi) is 17.5. The van der Waals surface area contributed by atoms with Crippen LogP contribution in [0.1, 0.15) is 163 Å². The number of hydrogen-bond acceptors (Lipinski definition) is 24. The van der Waals surface area contributed by atoms with Gasteiger partial charge in [0.25, 0.3) is 0 Å². The van der Waals surface area contributed by atoms with Gasteiger partial charge in [0, 0.05) is 84.0 Å². The number of thioether (sulfide) groups is 2. The van der Waals surface area contributed by atoms with Crippen LogP contribution in [0.2, 0.25) is 0 Å². The Labute approximate surface area is 491 Å². The number of ether oxygens (including phenoxy) is 6. The molecule has 6 aliphatic rings. The number of unbranched alkanes of at least 4 members (excludes halogenated alkanes) is 3. The molecule has 4 aliphatic carbocycles. The molecule has 12 N–H and O–H groups in total. The van der Waals surface area contributed by atoms with E-state index in [2.05, 4.69) is 0 Å². The molecule has 0 spiro atoms. The van der Waals surface area contributed by atoms with Gasteiger partial charge in [0.2, 0.25) is 11.6 Å². The van der Waals surface area contributed by atoms with Crippen molar-refractivity contribution in [1.82, 2.24) is 0 Å². The van der Waals surface area contributed by atoms with Crippen LogP contribution in [0.4, 0.5) is 0 Å². The standard InChI is InChI=1S/C60H68N2O20S2/c1-25-49(65)31(61)17-39(79-25)81-35-21-59(75,19-29-43(35)57(73)47-45(53(29)69)51(67)27-11-9-13-33(77-3)41(27)55(47)71)37(63)23-83-15-7-5-6-8-16-84-24-38(64)60(76)20-30-44(36(22-60)82-40-18-32(62)50(66)26(2)80-40)58(74)48-46(54(30)70)52(68)28-12-10-14-34(78-4)42(28)56(48)72/h9-14,25-26,31-32,35-36,39-40,49-50,65-66,69-70,73-76H,5-8,15-24,61-62H2,1-4H3. The fourth-order valence-electron chi connectivity index (χ4n) is 12.6. The first-order valence-corrected chi connectivity index (χ1v) is 30.2. The Bertz CT molecular complexity index is 3110. The third-order valence-electron chi connectivity index (χ3n) is 17.1. The Morgan fingerprint density at radius 2 is 0.940 bits per heavy atom. The first-order chi connectivity index (χ1) is 39.9. The first kappa shape index (κ1) is 61.1. The molecule has 12 atom stereocenters. The van der Waals surface area contributed by atoms with E-state index < -0.39 is 178 Å². The molecule has 2 aliphatic heterocycles. The van der Waals surface area contributed by atoms with Crippen LogP contribution in [0.15, 0.2) is 36.4 Å². The SMILES string of the molecule is COc1cccc2c1C(=O)c1c(O)c3c(c(O)c1C2=O)CC(O)(C(=O)CSCCCCCCSCC(=O)C1(O)Cc2c(O)c4c(c(O)c2C(OC2CC(N)C(O)C(C)O2)C1)C(=O)c1c(OC)cccc1C4=O)CC3OC1CC(N)C(O)C(C)O1. The molecule has 0 amide bonds. The predicted octanol–water partition coefficient (Wildman–Crippen LogP) is 4.06. The van der Waals surface area contributed by atoms with Crippen LogP contribution in [0, 0.1) is 0 Å². The quantitative estimate of drug-likeness (QED) is 0.0404. The van der Waals surface area contributed by atoms with Gasteiger partial charge >= 0.3 is 0 Å². The Balaban J connectivity index is 0.763. The summed E-state index contributed by atoms with van der Waals surface area (Å²) in [6.45, 7) is 3.17. The maximum Gasteiger partial charge on any atom is 0.202 e. The molecule has 2 heterocycles. The highest BCUT2D eigenvalue weighted by molar-refractivity contribution is 8.00. The van der Waals surface area contributed by atoms with Gasteiger partial charge in [0.1, 0.15) is 45.7 Å². The minimum atomic E-state index is -2.19. The summed E-state index contributed by atoms with van der Waals surface area (Å²) in [6.07, 6.45) is -7.73. The number of phenols is 4. The van der Waals surface area contributed by atoms with Crippen molar-refractivity contribution in [3.05, 3.63) is 103 Å². The minimum Gasteiger partial charge on any atom is -0.507 e. The van der Waals surface area contributed by atoms with Crippen molar-refractivity contribution in [2.24, 2.45) is 11.5 Å². The number of benzene rings is 4. The van der Waals surface area contributed by atoms with Crippen LogP contribution in [-0.4, -0.2) is 173 Å². The van der Waals surface area contributed by atoms with E-state index in [4.69, 9.17) is 39.9 Å². The molecule has 22 nitrogen and oxygen atoms in total. The number of aliphatic hydroxyl groups is 4. The van der Waals surface area contributed by atoms with Crippen molar-refractivity contribution >= 4 is 58.2 Å². The second-order valence-electron chi connectivity index (χ2n) is 22.5. The molecule has 0 saturated carbocycles. The maximum atomic E-state index is 14.1. The van der Waals surface area contributed by atoms with E-state index in [9.17, 15) is 69.6 Å². The number of carbonyl (C=O) groups excluding carboxylic acids is 6. The molecule has 84 heavy (non-hydrogen) atoms. The molecule has 450 valence electrons. The summed E-state index contributed by atoms with van der Waals surface area (Å²) < 4.78 is 35.2. The lowest BCUT2D eigenvalue weighted by atomic mass is 9.72. The van der Waals surface area contributed by atoms with Gasteiger partial charge in [-0.15, -0.1) is 0 Å². The number of phenolic OH excluding ortho intramolecular Hbond substituents is 4. The first-order valence-electron chi connectivity index (χ1n) is 27.8. The van der Waals surface area contributed by atoms with Gasteiger partial charge in [-0.1, -0.05) is 37.1 Å². The fraction of sp³-hybridized carbons (Fsp3) is 0.500. The zero-order valence-electron chi connectivity index (χ0n) is 46.6. The lowest BCUT2D eigenvalue weighted by Crippen LogP contribution is -2.53. The van der Waals surface area contributed by atoms with Gasteiger partial charge in [-0.25, -0.2) is 0 Å². The van der Waals surface area contributed by atoms with E-state index in [0.29, 0.717) is 24.3 Å². The largest absolute Gasteiger partial charge is 0.507 e. The number of rotatable bonds is 19. The van der Waals surface area contributed by atoms with Gasteiger partial charge in [0.05, 0.1) is 95.7 Å². The molecule has 10 rings (SSSR count). The van der Waals surface area contributed by atoms with Crippen molar-refractivity contribution in [1.29, 1.82) is 0 Å². The number of hydrogen-bond donors (Lipinski definition) is 10. The van der Waals surface area contributed by atoms with E-state index >= 15 is 0 Å². The smallest absolute Gasteiger partial charge is 0.202 e. The number of carbonyl (C=O) groups is 6. The van der Waals surface area contributed by atoms with E-state index in [-0.39, 0.29) is 80.4 Å². The van der Waals surface area contributed by atoms with Crippen molar-refractivity contribution in [3.8, 4) is 34.5 Å². The Morgan fingerprint density at radius 1 is 0.571 bits per heavy atom. The number of aromatic hydroxyl groups is 4. The molecule has 2 saturated heterocycles. The number of aliphatic hydroxyl groups excluding tert-OH is 2. The third-order valence-corrected chi connectivity index (χ3v) is 19.2. The van der Waals surface area contributed by atoms with Crippen molar-refractivity contribution in [2.45, 2.75) is 151 Å². The summed E-state index contributed by atoms with van der Waals surface area (Å²) in [6, 6.07) is 7.19. The molecule has 4 aromatic rings. The van der Waals surface area contributed by atoms with Gasteiger partial charge in [0.15, 0.2) is 35.7 Å². The minimum absolute atomic E-state index is 0.0174. The van der Waals surface area contributed by atoms with Gasteiger partial charge in [-0.05, 0) is 50.3 Å². The summed E-state index contributed by atoms with van der Waals surface area (Å²) >= 11 is 2.54. The molecule has 0 bridgehead atoms. The second-order valence-corrected chi connectivity index (χ2v) is 24.7. The van der Waals surface area contributed by atoms with Gasteiger partial charge < -0.3 is 80.7 Å². The Morgan fingerprint density at radius 3 is 1.30 bits per heavy atom. The summed E-state index contributed by atoms with van der Waals surface area (Å²) in [5, 5.41) is 93.1.